The second kappa shape index (κ2) is 13.7. The molecule has 0 aliphatic rings. The first-order chi connectivity index (χ1) is 17.0. The minimum atomic E-state index is -3.82. The molecule has 0 saturated carbocycles. The number of carbonyl (C=O) groups excluding carboxylic acids is 3. The number of benzene rings is 2. The van der Waals surface area contributed by atoms with Crippen molar-refractivity contribution in [3.63, 3.8) is 0 Å². The van der Waals surface area contributed by atoms with E-state index in [2.05, 4.69) is 0 Å². The maximum absolute atomic E-state index is 13.0. The van der Waals surface area contributed by atoms with Gasteiger partial charge < -0.3 is 23.7 Å². The Balaban J connectivity index is 2.01. The van der Waals surface area contributed by atoms with Crippen LogP contribution >= 0.6 is 11.6 Å². The van der Waals surface area contributed by atoms with Crippen LogP contribution in [0.2, 0.25) is 0 Å². The third-order valence-corrected chi connectivity index (χ3v) is 6.58. The third-order valence-electron chi connectivity index (χ3n) is 4.45. The number of alkyl halides is 1. The average Bonchev–Trinajstić information content (AvgIpc) is 2.83. The van der Waals surface area contributed by atoms with E-state index < -0.39 is 40.0 Å². The number of rotatable bonds is 13. The molecule has 0 amide bonds. The standard InChI is InChI=1S/C24H27ClO10S/c1-16(26)31-14-22(35-18(3)28)15-33-20-6-10-24(11-7-20)36(29,30)23-8-4-19(5-9-23)32-13-21(12-25)34-17(2)27/h4-11,21-22H,12-15H2,1-3H3/t21-,22-/m0/s1. The minimum absolute atomic E-state index is 0.0236. The largest absolute Gasteiger partial charge is 0.490 e. The average molecular weight is 543 g/mol. The molecule has 0 aliphatic heterocycles. The van der Waals surface area contributed by atoms with Gasteiger partial charge in [-0.15, -0.1) is 11.6 Å². The molecule has 0 aliphatic carbocycles. The molecule has 2 rings (SSSR count). The first kappa shape index (κ1) is 28.9. The normalized spacial score (nSPS) is 12.7. The van der Waals surface area contributed by atoms with Crippen LogP contribution in [-0.4, -0.2) is 64.2 Å². The molecule has 0 heterocycles. The van der Waals surface area contributed by atoms with E-state index in [1.165, 1.54) is 69.3 Å². The fraction of sp³-hybridized carbons (Fsp3) is 0.375. The van der Waals surface area contributed by atoms with Gasteiger partial charge in [-0.25, -0.2) is 8.42 Å². The zero-order valence-corrected chi connectivity index (χ0v) is 21.5. The molecule has 0 aromatic heterocycles. The van der Waals surface area contributed by atoms with Crippen LogP contribution in [0.1, 0.15) is 20.8 Å². The number of ether oxygens (including phenoxy) is 5. The van der Waals surface area contributed by atoms with Gasteiger partial charge in [-0.3, -0.25) is 14.4 Å². The maximum Gasteiger partial charge on any atom is 0.303 e. The molecule has 2 aromatic rings. The van der Waals surface area contributed by atoms with E-state index >= 15 is 0 Å². The fourth-order valence-corrected chi connectivity index (χ4v) is 4.26. The highest BCUT2D eigenvalue weighted by atomic mass is 35.5. The van der Waals surface area contributed by atoms with E-state index in [1.54, 1.807) is 0 Å². The SMILES string of the molecule is CC(=O)OC[C@@H](COc1ccc(S(=O)(=O)c2ccc(OC[C@H](CCl)OC(C)=O)cc2)cc1)OC(C)=O. The van der Waals surface area contributed by atoms with Crippen molar-refractivity contribution in [1.29, 1.82) is 0 Å². The van der Waals surface area contributed by atoms with Crippen LogP contribution in [0.25, 0.3) is 0 Å². The van der Waals surface area contributed by atoms with Gasteiger partial charge in [-0.2, -0.15) is 0 Å². The van der Waals surface area contributed by atoms with Gasteiger partial charge in [0.05, 0.1) is 15.7 Å². The molecule has 0 spiro atoms. The van der Waals surface area contributed by atoms with E-state index in [-0.39, 0.29) is 35.5 Å². The highest BCUT2D eigenvalue weighted by Gasteiger charge is 2.19. The third kappa shape index (κ3) is 9.38. The Labute approximate surface area is 214 Å². The van der Waals surface area contributed by atoms with Crippen LogP contribution in [0.5, 0.6) is 11.5 Å². The predicted octanol–water partition coefficient (Wildman–Crippen LogP) is 2.94. The number of halogens is 1. The first-order valence-corrected chi connectivity index (χ1v) is 12.8. The van der Waals surface area contributed by atoms with Crippen LogP contribution < -0.4 is 9.47 Å². The Kier molecular flexibility index (Phi) is 11.0. The van der Waals surface area contributed by atoms with Crippen molar-refractivity contribution in [2.75, 3.05) is 25.7 Å². The lowest BCUT2D eigenvalue weighted by molar-refractivity contribution is -0.158. The number of sulfone groups is 1. The zero-order chi connectivity index (χ0) is 26.7. The van der Waals surface area contributed by atoms with Gasteiger partial charge in [0, 0.05) is 20.8 Å². The van der Waals surface area contributed by atoms with Gasteiger partial charge >= 0.3 is 17.9 Å². The Morgan fingerprint density at radius 1 is 0.694 bits per heavy atom. The Morgan fingerprint density at radius 2 is 1.11 bits per heavy atom. The van der Waals surface area contributed by atoms with Gasteiger partial charge in [0.25, 0.3) is 0 Å². The summed E-state index contributed by atoms with van der Waals surface area (Å²) in [4.78, 5) is 33.3. The van der Waals surface area contributed by atoms with E-state index in [4.69, 9.17) is 35.3 Å². The summed E-state index contributed by atoms with van der Waals surface area (Å²) in [7, 11) is -3.82. The summed E-state index contributed by atoms with van der Waals surface area (Å²) in [6.07, 6.45) is -1.44. The molecule has 2 atom stereocenters. The summed E-state index contributed by atoms with van der Waals surface area (Å²) in [6, 6.07) is 11.5. The van der Waals surface area contributed by atoms with E-state index in [0.717, 1.165) is 0 Å². The summed E-state index contributed by atoms with van der Waals surface area (Å²) < 4.78 is 51.9. The highest BCUT2D eigenvalue weighted by Crippen LogP contribution is 2.25. The Bertz CT molecular complexity index is 1130. The molecule has 0 bridgehead atoms. The fourth-order valence-electron chi connectivity index (χ4n) is 2.85. The highest BCUT2D eigenvalue weighted by molar-refractivity contribution is 7.91. The smallest absolute Gasteiger partial charge is 0.303 e. The zero-order valence-electron chi connectivity index (χ0n) is 20.0. The van der Waals surface area contributed by atoms with Gasteiger partial charge in [-0.1, -0.05) is 0 Å². The van der Waals surface area contributed by atoms with Crippen molar-refractivity contribution >= 4 is 39.3 Å². The Morgan fingerprint density at radius 3 is 1.50 bits per heavy atom. The first-order valence-electron chi connectivity index (χ1n) is 10.8. The van der Waals surface area contributed by atoms with Gasteiger partial charge in [0.1, 0.15) is 37.4 Å². The van der Waals surface area contributed by atoms with Gasteiger partial charge in [0.2, 0.25) is 9.84 Å². The van der Waals surface area contributed by atoms with Crippen molar-refractivity contribution in [3.05, 3.63) is 48.5 Å². The quantitative estimate of drug-likeness (QED) is 0.211. The molecule has 10 nitrogen and oxygen atoms in total. The lowest BCUT2D eigenvalue weighted by Crippen LogP contribution is -2.29. The van der Waals surface area contributed by atoms with Crippen LogP contribution in [0.15, 0.2) is 58.3 Å². The van der Waals surface area contributed by atoms with Gasteiger partial charge in [-0.05, 0) is 48.5 Å². The van der Waals surface area contributed by atoms with E-state index in [1.807, 2.05) is 0 Å². The molecule has 0 fully saturated rings. The molecular formula is C24H27ClO10S. The molecule has 12 heteroatoms. The van der Waals surface area contributed by atoms with Crippen LogP contribution in [0, 0.1) is 0 Å². The summed E-state index contributed by atoms with van der Waals surface area (Å²) in [5.74, 6) is -0.786. The summed E-state index contributed by atoms with van der Waals surface area (Å²) in [6.45, 7) is 3.48. The van der Waals surface area contributed by atoms with Gasteiger partial charge in [0.15, 0.2) is 6.10 Å². The topological polar surface area (TPSA) is 132 Å². The second-order valence-electron chi connectivity index (χ2n) is 7.49. The number of esters is 3. The molecule has 36 heavy (non-hydrogen) atoms. The molecule has 0 N–H and O–H groups in total. The van der Waals surface area contributed by atoms with Crippen molar-refractivity contribution in [2.45, 2.75) is 42.8 Å². The van der Waals surface area contributed by atoms with Crippen LogP contribution in [-0.2, 0) is 38.4 Å². The van der Waals surface area contributed by atoms with E-state index in [9.17, 15) is 22.8 Å². The minimum Gasteiger partial charge on any atom is -0.490 e. The van der Waals surface area contributed by atoms with Crippen LogP contribution in [0.3, 0.4) is 0 Å². The summed E-state index contributed by atoms with van der Waals surface area (Å²) >= 11 is 5.74. The molecular weight excluding hydrogens is 516 g/mol. The second-order valence-corrected chi connectivity index (χ2v) is 9.75. The number of hydrogen-bond acceptors (Lipinski definition) is 10. The van der Waals surface area contributed by atoms with Crippen molar-refractivity contribution in [3.8, 4) is 11.5 Å². The lowest BCUT2D eigenvalue weighted by atomic mass is 10.3. The Hall–Kier alpha value is -3.31. The predicted molar refractivity (Wildman–Crippen MR) is 128 cm³/mol. The summed E-state index contributed by atoms with van der Waals surface area (Å²) in [5, 5.41) is 0. The van der Waals surface area contributed by atoms with Crippen molar-refractivity contribution in [1.82, 2.24) is 0 Å². The van der Waals surface area contributed by atoms with Crippen LogP contribution in [0.4, 0.5) is 0 Å². The lowest BCUT2D eigenvalue weighted by Gasteiger charge is -2.17. The molecule has 2 aromatic carbocycles. The molecule has 0 saturated heterocycles. The van der Waals surface area contributed by atoms with Crippen molar-refractivity contribution < 1.29 is 46.5 Å². The number of carbonyl (C=O) groups is 3. The maximum atomic E-state index is 13.0. The van der Waals surface area contributed by atoms with Crippen molar-refractivity contribution in [2.24, 2.45) is 0 Å². The number of hydrogen-bond donors (Lipinski definition) is 0. The summed E-state index contributed by atoms with van der Waals surface area (Å²) in [5.41, 5.74) is 0. The molecule has 0 unspecified atom stereocenters. The molecule has 196 valence electrons. The van der Waals surface area contributed by atoms with E-state index in [0.29, 0.717) is 11.5 Å². The monoisotopic (exact) mass is 542 g/mol. The molecule has 0 radical (unpaired) electrons.